The normalized spacial score (nSPS) is 15.3. The zero-order valence-corrected chi connectivity index (χ0v) is 29.1. The molecule has 0 spiro atoms. The number of hydrogen-bond acceptors (Lipinski definition) is 8. The van der Waals surface area contributed by atoms with Crippen molar-refractivity contribution in [3.05, 3.63) is 133 Å². The van der Waals surface area contributed by atoms with Crippen molar-refractivity contribution in [2.75, 3.05) is 5.32 Å². The third-order valence-electron chi connectivity index (χ3n) is 9.21. The number of aromatic amines is 4. The molecule has 4 aliphatic rings. The predicted octanol–water partition coefficient (Wildman–Crippen LogP) is 5.08. The van der Waals surface area contributed by atoms with Crippen molar-refractivity contribution in [2.45, 2.75) is 4.90 Å². The summed E-state index contributed by atoms with van der Waals surface area (Å²) in [7, 11) is 0. The summed E-state index contributed by atoms with van der Waals surface area (Å²) >= 11 is 22.8. The molecule has 8 bridgehead atoms. The highest BCUT2D eigenvalue weighted by atomic mass is 32.1. The molecule has 0 atom stereocenters. The largest absolute Gasteiger partial charge is 0.327 e. The van der Waals surface area contributed by atoms with E-state index < -0.39 is 0 Å². The Morgan fingerprint density at radius 2 is 1.20 bits per heavy atom. The van der Waals surface area contributed by atoms with Gasteiger partial charge in [-0.05, 0) is 29.9 Å². The molecule has 4 aromatic heterocycles. The Morgan fingerprint density at radius 3 is 1.96 bits per heavy atom. The Hall–Kier alpha value is -5.53. The number of rotatable bonds is 1. The molecule has 50 heavy (non-hydrogen) atoms. The lowest BCUT2D eigenvalue weighted by Crippen LogP contribution is -2.29. The maximum atomic E-state index is 6.21. The molecule has 8 nitrogen and oxygen atoms in total. The van der Waals surface area contributed by atoms with E-state index in [0.717, 1.165) is 65.0 Å². The minimum Gasteiger partial charge on any atom is -0.327 e. The van der Waals surface area contributed by atoms with Gasteiger partial charge >= 0.3 is 0 Å². The summed E-state index contributed by atoms with van der Waals surface area (Å²) in [6.45, 7) is 0. The number of fused-ring (bicyclic) bond motifs is 20. The van der Waals surface area contributed by atoms with Gasteiger partial charge in [-0.15, -0.1) is 12.6 Å². The third-order valence-corrected chi connectivity index (χ3v) is 10.7. The van der Waals surface area contributed by atoms with Crippen LogP contribution in [0.2, 0.25) is 0 Å². The minimum atomic E-state index is 0.574. The Bertz CT molecular complexity index is 3070. The van der Waals surface area contributed by atoms with Crippen LogP contribution in [0.25, 0.3) is 34.6 Å². The van der Waals surface area contributed by atoms with Gasteiger partial charge < -0.3 is 25.3 Å². The van der Waals surface area contributed by atoms with Crippen LogP contribution in [0.5, 0.6) is 0 Å². The third kappa shape index (κ3) is 4.36. The molecule has 5 N–H and O–H groups in total. The number of nitrogens with zero attached hydrogens (tertiary/aromatic N) is 3. The molecule has 0 saturated carbocycles. The van der Waals surface area contributed by atoms with Gasteiger partial charge in [0.15, 0.2) is 0 Å². The van der Waals surface area contributed by atoms with Gasteiger partial charge in [0.2, 0.25) is 0 Å². The molecule has 12 heteroatoms. The van der Waals surface area contributed by atoms with Gasteiger partial charge in [0.25, 0.3) is 0 Å². The average Bonchev–Trinajstić information content (AvgIpc) is 3.85. The number of anilines is 2. The first-order valence-corrected chi connectivity index (χ1v) is 17.4. The molecule has 0 radical (unpaired) electrons. The van der Waals surface area contributed by atoms with Crippen LogP contribution in [0.1, 0.15) is 22.3 Å². The molecule has 238 valence electrons. The van der Waals surface area contributed by atoms with E-state index in [0.29, 0.717) is 54.3 Å². The number of thiocarbonyl (C=S) groups is 3. The summed E-state index contributed by atoms with van der Waals surface area (Å²) < 4.78 is 0. The molecule has 6 aromatic rings. The standard InChI is InChI=1S/C38H22N8S4/c47-23-12-4-9-19-26(23)35-39-31(19)41-36-28-21(11-6-14-25(28)49)33(43-36)45-38-29-22(16-15-18(30(29)50)17-7-2-1-3-8-17)34(46-38)44-37-27-20(32(40-35)42-37)10-5-13-24(27)48/h1-16,39,41,47H,(H,40,42)(H,43,45)(H,44,46). The lowest BCUT2D eigenvalue weighted by molar-refractivity contribution is 1.09. The quantitative estimate of drug-likeness (QED) is 0.105. The number of hydrogen-bond donors (Lipinski definition) is 6. The summed E-state index contributed by atoms with van der Waals surface area (Å²) in [6.07, 6.45) is 15.8. The number of thiol groups is 1. The second-order valence-corrected chi connectivity index (χ2v) is 13.9. The Balaban J connectivity index is 1.35. The van der Waals surface area contributed by atoms with Gasteiger partial charge in [-0.2, -0.15) is 0 Å². The number of aromatic nitrogens is 4. The van der Waals surface area contributed by atoms with Crippen molar-refractivity contribution in [3.8, 4) is 0 Å². The van der Waals surface area contributed by atoms with Crippen LogP contribution in [-0.2, 0) is 0 Å². The lowest BCUT2D eigenvalue weighted by Gasteiger charge is -2.12. The second kappa shape index (κ2) is 11.0. The Labute approximate surface area is 304 Å². The van der Waals surface area contributed by atoms with E-state index in [1.165, 1.54) is 0 Å². The van der Waals surface area contributed by atoms with Crippen LogP contribution < -0.4 is 37.4 Å². The minimum absolute atomic E-state index is 0.574. The van der Waals surface area contributed by atoms with E-state index >= 15 is 0 Å². The number of nitrogens with one attached hydrogen (secondary N) is 5. The Kier molecular flexibility index (Phi) is 6.46. The topological polar surface area (TPSA) is 112 Å². The van der Waals surface area contributed by atoms with Gasteiger partial charge in [0.1, 0.15) is 45.6 Å². The first kappa shape index (κ1) is 29.4. The first-order valence-electron chi connectivity index (χ1n) is 15.7. The molecular weight excluding hydrogens is 697 g/mol. The highest BCUT2D eigenvalue weighted by Crippen LogP contribution is 2.37. The predicted molar refractivity (Wildman–Crippen MR) is 214 cm³/mol. The average molecular weight is 719 g/mol. The van der Waals surface area contributed by atoms with Gasteiger partial charge in [0.05, 0.1) is 4.86 Å². The zero-order valence-electron chi connectivity index (χ0n) is 25.8. The first-order chi connectivity index (χ1) is 24.4. The van der Waals surface area contributed by atoms with E-state index in [1.54, 1.807) is 0 Å². The van der Waals surface area contributed by atoms with Gasteiger partial charge in [-0.3, -0.25) is 0 Å². The van der Waals surface area contributed by atoms with Crippen LogP contribution in [0, 0.1) is 0 Å². The molecule has 0 fully saturated rings. The van der Waals surface area contributed by atoms with Crippen molar-refractivity contribution in [3.63, 3.8) is 0 Å². The van der Waals surface area contributed by atoms with Crippen molar-refractivity contribution in [1.82, 2.24) is 19.9 Å². The van der Waals surface area contributed by atoms with Crippen LogP contribution in [-0.4, -0.2) is 34.5 Å². The van der Waals surface area contributed by atoms with E-state index in [-0.39, 0.29) is 0 Å². The fraction of sp³-hybridized carbons (Fsp3) is 0. The number of allylic oxidation sites excluding steroid dienone is 6. The number of benzene rings is 2. The molecule has 3 aliphatic carbocycles. The molecule has 0 unspecified atom stereocenters. The summed E-state index contributed by atoms with van der Waals surface area (Å²) in [5, 5.41) is 7.92. The zero-order chi connectivity index (χ0) is 33.7. The van der Waals surface area contributed by atoms with Crippen LogP contribution in [0.4, 0.5) is 29.1 Å². The fourth-order valence-electron chi connectivity index (χ4n) is 6.97. The molecule has 2 aromatic carbocycles. The van der Waals surface area contributed by atoms with Crippen LogP contribution >= 0.6 is 49.3 Å². The molecule has 0 saturated heterocycles. The molecule has 10 rings (SSSR count). The van der Waals surface area contributed by atoms with Gasteiger partial charge in [-0.25, -0.2) is 15.0 Å². The second-order valence-electron chi connectivity index (χ2n) is 12.1. The summed E-state index contributed by atoms with van der Waals surface area (Å²) in [5.74, 6) is 3.20. The Morgan fingerprint density at radius 1 is 0.560 bits per heavy atom. The molecular formula is C38H22N8S4. The fourth-order valence-corrected chi connectivity index (χ4v) is 8.25. The highest BCUT2D eigenvalue weighted by Gasteiger charge is 2.24. The molecule has 1 aliphatic heterocycles. The smallest absolute Gasteiger partial charge is 0.143 e. The van der Waals surface area contributed by atoms with Gasteiger partial charge in [-0.1, -0.05) is 109 Å². The highest BCUT2D eigenvalue weighted by molar-refractivity contribution is 7.82. The maximum absolute atomic E-state index is 6.21. The summed E-state index contributed by atoms with van der Waals surface area (Å²) in [5.41, 5.74) is 6.20. The monoisotopic (exact) mass is 718 g/mol. The van der Waals surface area contributed by atoms with E-state index in [4.69, 9.17) is 64.3 Å². The van der Waals surface area contributed by atoms with Crippen molar-refractivity contribution < 1.29 is 0 Å². The molecule has 5 heterocycles. The summed E-state index contributed by atoms with van der Waals surface area (Å²) in [4.78, 5) is 32.4. The maximum Gasteiger partial charge on any atom is 0.143 e. The van der Waals surface area contributed by atoms with Crippen molar-refractivity contribution in [2.24, 2.45) is 15.0 Å². The SMILES string of the molecule is S=C1C=CC=c2c1c1[nH]c2=Nc2[nH]c(c3cccc(S)c23)Nc2[nH]c(c3c2C(=S)C=CC=3)=Nc2[nH]c(c3c2C(=S)C(c2ccccc2)=CC=3)=N1. The lowest BCUT2D eigenvalue weighted by atomic mass is 9.94. The van der Waals surface area contributed by atoms with Crippen molar-refractivity contribution >= 4 is 128 Å². The van der Waals surface area contributed by atoms with E-state index in [2.05, 4.69) is 37.4 Å². The summed E-state index contributed by atoms with van der Waals surface area (Å²) in [6, 6.07) is 16.1. The van der Waals surface area contributed by atoms with E-state index in [1.807, 2.05) is 85.0 Å². The van der Waals surface area contributed by atoms with Gasteiger partial charge in [0, 0.05) is 63.3 Å². The number of H-pyrrole nitrogens is 4. The van der Waals surface area contributed by atoms with Crippen molar-refractivity contribution in [1.29, 1.82) is 0 Å². The van der Waals surface area contributed by atoms with E-state index in [9.17, 15) is 0 Å². The van der Waals surface area contributed by atoms with Crippen LogP contribution in [0.15, 0.2) is 98.8 Å². The molecule has 0 amide bonds. The van der Waals surface area contributed by atoms with Crippen LogP contribution in [0.3, 0.4) is 0 Å².